The molecule has 2 rings (SSSR count). The Morgan fingerprint density at radius 3 is 2.67 bits per heavy atom. The number of rotatable bonds is 3. The van der Waals surface area contributed by atoms with Crippen LogP contribution in [0.4, 0.5) is 5.69 Å². The highest BCUT2D eigenvalue weighted by molar-refractivity contribution is 6.04. The van der Waals surface area contributed by atoms with E-state index in [1.165, 1.54) is 0 Å². The van der Waals surface area contributed by atoms with Gasteiger partial charge in [0.15, 0.2) is 0 Å². The smallest absolute Gasteiger partial charge is 0.255 e. The van der Waals surface area contributed by atoms with E-state index in [0.29, 0.717) is 16.8 Å². The Morgan fingerprint density at radius 2 is 2.00 bits per heavy atom. The van der Waals surface area contributed by atoms with Crippen molar-refractivity contribution in [2.75, 3.05) is 19.0 Å². The molecule has 2 N–H and O–H groups in total. The van der Waals surface area contributed by atoms with Gasteiger partial charge in [-0.05, 0) is 42.5 Å². The van der Waals surface area contributed by atoms with Crippen molar-refractivity contribution >= 4 is 11.6 Å². The van der Waals surface area contributed by atoms with E-state index in [2.05, 4.69) is 17.2 Å². The normalized spacial score (nSPS) is 9.43. The highest BCUT2D eigenvalue weighted by atomic mass is 16.5. The lowest BCUT2D eigenvalue weighted by Gasteiger charge is -2.06. The van der Waals surface area contributed by atoms with Crippen LogP contribution in [0.2, 0.25) is 0 Å². The summed E-state index contributed by atoms with van der Waals surface area (Å²) in [5, 5.41) is 11.5. The van der Waals surface area contributed by atoms with E-state index in [1.54, 1.807) is 55.6 Å². The maximum absolute atomic E-state index is 12.2. The zero-order chi connectivity index (χ0) is 15.1. The summed E-state index contributed by atoms with van der Waals surface area (Å²) in [5.74, 6) is 5.84. The Balaban J connectivity index is 2.12. The second-order valence-electron chi connectivity index (χ2n) is 4.22. The molecule has 106 valence electrons. The standard InChI is InChI=1S/C17H15NO3/c1-21-16-9-7-15(8-10-16)18-17(20)14-6-2-4-13(12-14)5-3-11-19/h2,4,6-10,12,19H,11H2,1H3,(H,18,20). The Kier molecular flexibility index (Phi) is 4.97. The minimum Gasteiger partial charge on any atom is -0.497 e. The van der Waals surface area contributed by atoms with Gasteiger partial charge in [0.2, 0.25) is 0 Å². The first-order valence-electron chi connectivity index (χ1n) is 6.38. The van der Waals surface area contributed by atoms with Crippen molar-refractivity contribution in [1.29, 1.82) is 0 Å². The summed E-state index contributed by atoms with van der Waals surface area (Å²) in [7, 11) is 1.59. The zero-order valence-electron chi connectivity index (χ0n) is 11.6. The second kappa shape index (κ2) is 7.13. The van der Waals surface area contributed by atoms with E-state index in [9.17, 15) is 4.79 Å². The molecule has 0 saturated carbocycles. The number of hydrogen-bond acceptors (Lipinski definition) is 3. The van der Waals surface area contributed by atoms with Gasteiger partial charge in [0, 0.05) is 16.8 Å². The molecule has 0 atom stereocenters. The molecule has 0 aromatic heterocycles. The lowest BCUT2D eigenvalue weighted by atomic mass is 10.1. The maximum atomic E-state index is 12.2. The van der Waals surface area contributed by atoms with Gasteiger partial charge in [-0.15, -0.1) is 0 Å². The summed E-state index contributed by atoms with van der Waals surface area (Å²) in [6.07, 6.45) is 0. The van der Waals surface area contributed by atoms with Crippen LogP contribution in [-0.2, 0) is 0 Å². The number of ether oxygens (including phenoxy) is 1. The van der Waals surface area contributed by atoms with E-state index in [4.69, 9.17) is 9.84 Å². The SMILES string of the molecule is COc1ccc(NC(=O)c2cccc(C#CCO)c2)cc1. The predicted octanol–water partition coefficient (Wildman–Crippen LogP) is 2.29. The predicted molar refractivity (Wildman–Crippen MR) is 81.4 cm³/mol. The molecule has 2 aromatic rings. The van der Waals surface area contributed by atoms with Gasteiger partial charge in [-0.3, -0.25) is 4.79 Å². The fraction of sp³-hybridized carbons (Fsp3) is 0.118. The van der Waals surface area contributed by atoms with E-state index >= 15 is 0 Å². The molecule has 0 spiro atoms. The van der Waals surface area contributed by atoms with Crippen LogP contribution in [0.25, 0.3) is 0 Å². The first-order chi connectivity index (χ1) is 10.2. The first kappa shape index (κ1) is 14.6. The highest BCUT2D eigenvalue weighted by Crippen LogP contribution is 2.16. The Hall–Kier alpha value is -2.77. The molecule has 2 aromatic carbocycles. The summed E-state index contributed by atoms with van der Waals surface area (Å²) in [6, 6.07) is 14.0. The molecule has 4 nitrogen and oxygen atoms in total. The van der Waals surface area contributed by atoms with Gasteiger partial charge in [0.25, 0.3) is 5.91 Å². The van der Waals surface area contributed by atoms with Crippen LogP contribution in [0.5, 0.6) is 5.75 Å². The summed E-state index contributed by atoms with van der Waals surface area (Å²) < 4.78 is 5.06. The average molecular weight is 281 g/mol. The monoisotopic (exact) mass is 281 g/mol. The Labute approximate surface area is 123 Å². The van der Waals surface area contributed by atoms with Crippen molar-refractivity contribution in [3.8, 4) is 17.6 Å². The number of hydrogen-bond donors (Lipinski definition) is 2. The molecular weight excluding hydrogens is 266 g/mol. The lowest BCUT2D eigenvalue weighted by Crippen LogP contribution is -2.11. The molecular formula is C17H15NO3. The maximum Gasteiger partial charge on any atom is 0.255 e. The highest BCUT2D eigenvalue weighted by Gasteiger charge is 2.06. The van der Waals surface area contributed by atoms with Crippen LogP contribution < -0.4 is 10.1 Å². The fourth-order valence-corrected chi connectivity index (χ4v) is 1.76. The summed E-state index contributed by atoms with van der Waals surface area (Å²) in [5.41, 5.74) is 1.88. The number of amides is 1. The van der Waals surface area contributed by atoms with Crippen molar-refractivity contribution in [2.24, 2.45) is 0 Å². The van der Waals surface area contributed by atoms with Gasteiger partial charge < -0.3 is 15.2 Å². The number of methoxy groups -OCH3 is 1. The topological polar surface area (TPSA) is 58.6 Å². The van der Waals surface area contributed by atoms with Crippen LogP contribution in [0, 0.1) is 11.8 Å². The molecule has 0 bridgehead atoms. The number of nitrogens with one attached hydrogen (secondary N) is 1. The molecule has 0 aliphatic heterocycles. The third-order valence-corrected chi connectivity index (χ3v) is 2.78. The molecule has 0 unspecified atom stereocenters. The van der Waals surface area contributed by atoms with Gasteiger partial charge in [0.05, 0.1) is 7.11 Å². The van der Waals surface area contributed by atoms with E-state index < -0.39 is 0 Å². The third kappa shape index (κ3) is 4.10. The fourth-order valence-electron chi connectivity index (χ4n) is 1.76. The van der Waals surface area contributed by atoms with Crippen molar-refractivity contribution in [2.45, 2.75) is 0 Å². The largest absolute Gasteiger partial charge is 0.497 e. The number of carbonyl (C=O) groups is 1. The van der Waals surface area contributed by atoms with Gasteiger partial charge in [-0.1, -0.05) is 17.9 Å². The molecule has 0 aliphatic carbocycles. The van der Waals surface area contributed by atoms with E-state index in [0.717, 1.165) is 5.75 Å². The van der Waals surface area contributed by atoms with Gasteiger partial charge in [-0.2, -0.15) is 0 Å². The van der Waals surface area contributed by atoms with Crippen molar-refractivity contribution < 1.29 is 14.6 Å². The van der Waals surface area contributed by atoms with E-state index in [1.807, 2.05) is 0 Å². The molecule has 0 aliphatic rings. The number of benzene rings is 2. The number of carbonyl (C=O) groups excluding carboxylic acids is 1. The summed E-state index contributed by atoms with van der Waals surface area (Å²) >= 11 is 0. The van der Waals surface area contributed by atoms with Gasteiger partial charge >= 0.3 is 0 Å². The minimum atomic E-state index is -0.215. The van der Waals surface area contributed by atoms with Gasteiger partial charge in [-0.25, -0.2) is 0 Å². The third-order valence-electron chi connectivity index (χ3n) is 2.78. The van der Waals surface area contributed by atoms with Crippen LogP contribution in [-0.4, -0.2) is 24.7 Å². The molecule has 0 heterocycles. The number of anilines is 1. The average Bonchev–Trinajstić information content (AvgIpc) is 2.54. The lowest BCUT2D eigenvalue weighted by molar-refractivity contribution is 0.102. The second-order valence-corrected chi connectivity index (χ2v) is 4.22. The number of aliphatic hydroxyl groups excluding tert-OH is 1. The Morgan fingerprint density at radius 1 is 1.24 bits per heavy atom. The van der Waals surface area contributed by atoms with E-state index in [-0.39, 0.29) is 12.5 Å². The van der Waals surface area contributed by atoms with Gasteiger partial charge in [0.1, 0.15) is 12.4 Å². The quantitative estimate of drug-likeness (QED) is 0.849. The molecule has 0 radical (unpaired) electrons. The summed E-state index contributed by atoms with van der Waals surface area (Å²) in [6.45, 7) is -0.206. The molecule has 0 saturated heterocycles. The molecule has 0 fully saturated rings. The van der Waals surface area contributed by atoms with Crippen molar-refractivity contribution in [3.05, 3.63) is 59.7 Å². The number of aliphatic hydroxyl groups is 1. The minimum absolute atomic E-state index is 0.206. The molecule has 4 heteroatoms. The van der Waals surface area contributed by atoms with Crippen LogP contribution >= 0.6 is 0 Å². The first-order valence-corrected chi connectivity index (χ1v) is 6.38. The van der Waals surface area contributed by atoms with Crippen LogP contribution in [0.15, 0.2) is 48.5 Å². The molecule has 1 amide bonds. The zero-order valence-corrected chi connectivity index (χ0v) is 11.6. The summed E-state index contributed by atoms with van der Waals surface area (Å²) in [4.78, 5) is 12.2. The van der Waals surface area contributed by atoms with Crippen LogP contribution in [0.3, 0.4) is 0 Å². The Bertz CT molecular complexity index is 681. The molecule has 21 heavy (non-hydrogen) atoms. The van der Waals surface area contributed by atoms with Crippen LogP contribution in [0.1, 0.15) is 15.9 Å². The van der Waals surface area contributed by atoms with Crippen molar-refractivity contribution in [3.63, 3.8) is 0 Å². The van der Waals surface area contributed by atoms with Crippen molar-refractivity contribution in [1.82, 2.24) is 0 Å².